The highest BCUT2D eigenvalue weighted by molar-refractivity contribution is 7.80. The third kappa shape index (κ3) is 3.75. The number of likely N-dealkylation sites (tertiary alicyclic amines) is 1. The molecule has 2 rings (SSSR count). The molecule has 3 nitrogen and oxygen atoms in total. The van der Waals surface area contributed by atoms with Crippen LogP contribution >= 0.6 is 12.2 Å². The van der Waals surface area contributed by atoms with Gasteiger partial charge in [0.2, 0.25) is 0 Å². The summed E-state index contributed by atoms with van der Waals surface area (Å²) in [5.41, 5.74) is 7.39. The molecule has 1 aromatic carbocycles. The number of halogens is 1. The molecule has 20 heavy (non-hydrogen) atoms. The predicted octanol–water partition coefficient (Wildman–Crippen LogP) is 1.99. The van der Waals surface area contributed by atoms with Crippen molar-refractivity contribution in [2.24, 2.45) is 5.73 Å². The predicted molar refractivity (Wildman–Crippen MR) is 84.3 cm³/mol. The van der Waals surface area contributed by atoms with Crippen LogP contribution in [0, 0.1) is 5.82 Å². The van der Waals surface area contributed by atoms with Crippen LogP contribution in [0.15, 0.2) is 18.2 Å². The van der Waals surface area contributed by atoms with Crippen molar-refractivity contribution in [2.45, 2.75) is 25.4 Å². The molecule has 1 fully saturated rings. The fourth-order valence-corrected chi connectivity index (χ4v) is 2.97. The Morgan fingerprint density at radius 2 is 2.05 bits per heavy atom. The number of benzene rings is 1. The van der Waals surface area contributed by atoms with Gasteiger partial charge in [-0.15, -0.1) is 0 Å². The number of hydrogen-bond acceptors (Lipinski definition) is 3. The molecule has 2 N–H and O–H groups in total. The van der Waals surface area contributed by atoms with Crippen molar-refractivity contribution in [3.05, 3.63) is 35.1 Å². The van der Waals surface area contributed by atoms with Gasteiger partial charge in [-0.05, 0) is 63.8 Å². The van der Waals surface area contributed by atoms with Gasteiger partial charge in [-0.1, -0.05) is 12.2 Å². The summed E-state index contributed by atoms with van der Waals surface area (Å²) in [6, 6.07) is 5.29. The lowest BCUT2D eigenvalue weighted by molar-refractivity contribution is 0.140. The Kier molecular flexibility index (Phi) is 5.07. The molecule has 5 heteroatoms. The van der Waals surface area contributed by atoms with Crippen LogP contribution in [0.25, 0.3) is 0 Å². The molecular weight excluding hydrogens is 273 g/mol. The van der Waals surface area contributed by atoms with Crippen molar-refractivity contribution in [1.82, 2.24) is 9.80 Å². The lowest BCUT2D eigenvalue weighted by Gasteiger charge is -2.35. The van der Waals surface area contributed by atoms with Gasteiger partial charge in [0.1, 0.15) is 10.8 Å². The van der Waals surface area contributed by atoms with Crippen molar-refractivity contribution in [3.63, 3.8) is 0 Å². The van der Waals surface area contributed by atoms with Crippen LogP contribution in [0.3, 0.4) is 0 Å². The Morgan fingerprint density at radius 1 is 1.40 bits per heavy atom. The van der Waals surface area contributed by atoms with Gasteiger partial charge >= 0.3 is 0 Å². The first-order chi connectivity index (χ1) is 9.47. The van der Waals surface area contributed by atoms with E-state index in [1.807, 2.05) is 0 Å². The first kappa shape index (κ1) is 15.4. The molecule has 1 aliphatic heterocycles. The summed E-state index contributed by atoms with van der Waals surface area (Å²) in [6.07, 6.45) is 2.29. The van der Waals surface area contributed by atoms with Gasteiger partial charge in [-0.2, -0.15) is 0 Å². The Bertz CT molecular complexity index is 482. The minimum absolute atomic E-state index is 0.233. The number of thiocarbonyl (C=S) groups is 1. The number of nitrogens with zero attached hydrogens (tertiary/aromatic N) is 2. The van der Waals surface area contributed by atoms with E-state index in [1.54, 1.807) is 12.1 Å². The summed E-state index contributed by atoms with van der Waals surface area (Å²) >= 11 is 5.04. The first-order valence-electron chi connectivity index (χ1n) is 6.94. The van der Waals surface area contributed by atoms with Crippen LogP contribution in [0.1, 0.15) is 24.0 Å². The monoisotopic (exact) mass is 295 g/mol. The van der Waals surface area contributed by atoms with Gasteiger partial charge in [0.25, 0.3) is 0 Å². The zero-order chi connectivity index (χ0) is 14.7. The van der Waals surface area contributed by atoms with Crippen LogP contribution in [-0.2, 0) is 6.54 Å². The number of rotatable bonds is 4. The zero-order valence-corrected chi connectivity index (χ0v) is 12.9. The van der Waals surface area contributed by atoms with Crippen molar-refractivity contribution < 1.29 is 4.39 Å². The van der Waals surface area contributed by atoms with Crippen molar-refractivity contribution in [1.29, 1.82) is 0 Å². The Labute approximate surface area is 125 Å². The lowest BCUT2D eigenvalue weighted by Crippen LogP contribution is -2.41. The average Bonchev–Trinajstić information content (AvgIpc) is 2.39. The SMILES string of the molecule is CN(C)C1CCN(Cc2cc(F)ccc2C(N)=S)CC1. The highest BCUT2D eigenvalue weighted by Gasteiger charge is 2.21. The summed E-state index contributed by atoms with van der Waals surface area (Å²) < 4.78 is 13.4. The molecular formula is C15H22FN3S. The van der Waals surface area contributed by atoms with E-state index < -0.39 is 0 Å². The largest absolute Gasteiger partial charge is 0.389 e. The molecule has 0 aliphatic carbocycles. The summed E-state index contributed by atoms with van der Waals surface area (Å²) in [5.74, 6) is -0.233. The summed E-state index contributed by atoms with van der Waals surface area (Å²) in [4.78, 5) is 4.96. The third-order valence-electron chi connectivity index (χ3n) is 4.01. The summed E-state index contributed by atoms with van der Waals surface area (Å²) in [6.45, 7) is 2.76. The van der Waals surface area contributed by atoms with Gasteiger partial charge in [0.15, 0.2) is 0 Å². The highest BCUT2D eigenvalue weighted by atomic mass is 32.1. The minimum atomic E-state index is -0.233. The van der Waals surface area contributed by atoms with E-state index >= 15 is 0 Å². The van der Waals surface area contributed by atoms with Crippen molar-refractivity contribution in [3.8, 4) is 0 Å². The van der Waals surface area contributed by atoms with Gasteiger partial charge in [-0.25, -0.2) is 4.39 Å². The molecule has 0 radical (unpaired) electrons. The molecule has 0 atom stereocenters. The maximum Gasteiger partial charge on any atom is 0.123 e. The fraction of sp³-hybridized carbons (Fsp3) is 0.533. The molecule has 110 valence electrons. The smallest absolute Gasteiger partial charge is 0.123 e. The fourth-order valence-electron chi connectivity index (χ4n) is 2.77. The van der Waals surface area contributed by atoms with Gasteiger partial charge in [0.05, 0.1) is 0 Å². The highest BCUT2D eigenvalue weighted by Crippen LogP contribution is 2.19. The molecule has 1 heterocycles. The van der Waals surface area contributed by atoms with Crippen molar-refractivity contribution in [2.75, 3.05) is 27.2 Å². The van der Waals surface area contributed by atoms with E-state index in [-0.39, 0.29) is 5.82 Å². The second kappa shape index (κ2) is 6.61. The van der Waals surface area contributed by atoms with Crippen LogP contribution in [0.2, 0.25) is 0 Å². The standard InChI is InChI=1S/C15H22FN3S/c1-18(2)13-5-7-19(8-6-13)10-11-9-12(16)3-4-14(11)15(17)20/h3-4,9,13H,5-8,10H2,1-2H3,(H2,17,20). The molecule has 0 unspecified atom stereocenters. The lowest BCUT2D eigenvalue weighted by atomic mass is 10.0. The summed E-state index contributed by atoms with van der Waals surface area (Å²) in [7, 11) is 4.25. The van der Waals surface area contributed by atoms with Crippen LogP contribution < -0.4 is 5.73 Å². The molecule has 0 saturated carbocycles. The maximum atomic E-state index is 13.4. The average molecular weight is 295 g/mol. The van der Waals surface area contributed by atoms with E-state index in [9.17, 15) is 4.39 Å². The van der Waals surface area contributed by atoms with E-state index in [4.69, 9.17) is 18.0 Å². The Morgan fingerprint density at radius 3 is 2.60 bits per heavy atom. The van der Waals surface area contributed by atoms with Crippen LogP contribution in [0.4, 0.5) is 4.39 Å². The molecule has 1 aliphatic rings. The summed E-state index contributed by atoms with van der Waals surface area (Å²) in [5, 5.41) is 0. The number of nitrogens with two attached hydrogens (primary N) is 1. The van der Waals surface area contributed by atoms with Gasteiger partial charge < -0.3 is 10.6 Å². The van der Waals surface area contributed by atoms with E-state index in [0.29, 0.717) is 17.6 Å². The van der Waals surface area contributed by atoms with Crippen molar-refractivity contribution >= 4 is 17.2 Å². The van der Waals surface area contributed by atoms with E-state index in [2.05, 4.69) is 23.9 Å². The third-order valence-corrected chi connectivity index (χ3v) is 4.23. The van der Waals surface area contributed by atoms with Crippen LogP contribution in [-0.4, -0.2) is 48.0 Å². The Hall–Kier alpha value is -1.04. The molecule has 1 aromatic rings. The number of hydrogen-bond donors (Lipinski definition) is 1. The molecule has 0 aromatic heterocycles. The first-order valence-corrected chi connectivity index (χ1v) is 7.35. The topological polar surface area (TPSA) is 32.5 Å². The normalized spacial score (nSPS) is 17.6. The minimum Gasteiger partial charge on any atom is -0.389 e. The Balaban J connectivity index is 2.04. The molecule has 0 amide bonds. The molecule has 0 spiro atoms. The second-order valence-electron chi connectivity index (χ2n) is 5.64. The van der Waals surface area contributed by atoms with Crippen LogP contribution in [0.5, 0.6) is 0 Å². The molecule has 0 bridgehead atoms. The second-order valence-corrected chi connectivity index (χ2v) is 6.08. The van der Waals surface area contributed by atoms with Gasteiger partial charge in [0, 0.05) is 18.2 Å². The van der Waals surface area contributed by atoms with Gasteiger partial charge in [-0.3, -0.25) is 4.90 Å². The quantitative estimate of drug-likeness (QED) is 0.861. The molecule has 1 saturated heterocycles. The zero-order valence-electron chi connectivity index (χ0n) is 12.1. The number of piperidine rings is 1. The van der Waals surface area contributed by atoms with E-state index in [0.717, 1.165) is 37.1 Å². The maximum absolute atomic E-state index is 13.4. The van der Waals surface area contributed by atoms with E-state index in [1.165, 1.54) is 6.07 Å².